The van der Waals surface area contributed by atoms with Crippen molar-refractivity contribution in [3.05, 3.63) is 0 Å². The van der Waals surface area contributed by atoms with Gasteiger partial charge in [0.25, 0.3) is 0 Å². The number of hydrogen-bond acceptors (Lipinski definition) is 3. The van der Waals surface area contributed by atoms with Crippen LogP contribution in [0.15, 0.2) is 0 Å². The Bertz CT molecular complexity index is 172. The number of piperidine rings is 1. The number of likely N-dealkylation sites (tertiary alicyclic amines) is 1. The number of carbonyl (C=O) groups is 1. The molecule has 1 rings (SSSR count). The van der Waals surface area contributed by atoms with Crippen molar-refractivity contribution in [1.29, 1.82) is 0 Å². The lowest BCUT2D eigenvalue weighted by molar-refractivity contribution is -0.123. The fraction of sp³-hybridized carbons (Fsp3) is 0.889. The second-order valence-electron chi connectivity index (χ2n) is 3.68. The van der Waals surface area contributed by atoms with E-state index in [4.69, 9.17) is 11.5 Å². The summed E-state index contributed by atoms with van der Waals surface area (Å²) in [6, 6.07) is 0. The van der Waals surface area contributed by atoms with Gasteiger partial charge in [0, 0.05) is 6.54 Å². The molecule has 0 aliphatic carbocycles. The van der Waals surface area contributed by atoms with E-state index in [0.717, 1.165) is 45.4 Å². The van der Waals surface area contributed by atoms with Gasteiger partial charge in [0.15, 0.2) is 0 Å². The molecule has 1 atom stereocenters. The average molecular weight is 185 g/mol. The van der Waals surface area contributed by atoms with Gasteiger partial charge in [-0.3, -0.25) is 4.79 Å². The van der Waals surface area contributed by atoms with E-state index < -0.39 is 0 Å². The molecule has 0 spiro atoms. The molecule has 1 fully saturated rings. The Morgan fingerprint density at radius 1 is 1.54 bits per heavy atom. The standard InChI is InChI=1S/C9H19N3O/c10-4-2-6-12-5-1-3-8(7-12)9(11)13/h8H,1-7,10H2,(H2,11,13)/t8-/m0/s1. The highest BCUT2D eigenvalue weighted by molar-refractivity contribution is 5.76. The van der Waals surface area contributed by atoms with Crippen LogP contribution in [-0.2, 0) is 4.79 Å². The van der Waals surface area contributed by atoms with Crippen LogP contribution in [0.4, 0.5) is 0 Å². The zero-order chi connectivity index (χ0) is 9.68. The minimum atomic E-state index is -0.155. The molecule has 4 N–H and O–H groups in total. The summed E-state index contributed by atoms with van der Waals surface area (Å²) in [6.45, 7) is 3.64. The van der Waals surface area contributed by atoms with Gasteiger partial charge < -0.3 is 16.4 Å². The lowest BCUT2D eigenvalue weighted by atomic mass is 9.97. The highest BCUT2D eigenvalue weighted by atomic mass is 16.1. The van der Waals surface area contributed by atoms with E-state index in [1.807, 2.05) is 0 Å². The fourth-order valence-electron chi connectivity index (χ4n) is 1.81. The molecular formula is C9H19N3O. The molecule has 1 aliphatic heterocycles. The molecule has 0 unspecified atom stereocenters. The molecule has 1 heterocycles. The van der Waals surface area contributed by atoms with Crippen molar-refractivity contribution in [2.24, 2.45) is 17.4 Å². The first-order valence-corrected chi connectivity index (χ1v) is 4.95. The number of hydrogen-bond donors (Lipinski definition) is 2. The normalized spacial score (nSPS) is 24.5. The maximum atomic E-state index is 10.9. The third-order valence-corrected chi connectivity index (χ3v) is 2.59. The van der Waals surface area contributed by atoms with Crippen molar-refractivity contribution in [2.75, 3.05) is 26.2 Å². The van der Waals surface area contributed by atoms with Gasteiger partial charge in [-0.1, -0.05) is 0 Å². The molecule has 0 aromatic heterocycles. The fourth-order valence-corrected chi connectivity index (χ4v) is 1.81. The summed E-state index contributed by atoms with van der Waals surface area (Å²) in [5.74, 6) is -0.0935. The van der Waals surface area contributed by atoms with E-state index in [9.17, 15) is 4.79 Å². The van der Waals surface area contributed by atoms with Crippen molar-refractivity contribution in [3.8, 4) is 0 Å². The van der Waals surface area contributed by atoms with E-state index >= 15 is 0 Å². The van der Waals surface area contributed by atoms with E-state index in [-0.39, 0.29) is 11.8 Å². The molecule has 0 radical (unpaired) electrons. The topological polar surface area (TPSA) is 72.3 Å². The lowest BCUT2D eigenvalue weighted by Crippen LogP contribution is -2.41. The minimum Gasteiger partial charge on any atom is -0.369 e. The van der Waals surface area contributed by atoms with Gasteiger partial charge in [-0.05, 0) is 38.9 Å². The highest BCUT2D eigenvalue weighted by Crippen LogP contribution is 2.15. The van der Waals surface area contributed by atoms with E-state index in [1.165, 1.54) is 0 Å². The van der Waals surface area contributed by atoms with Crippen LogP contribution in [0.3, 0.4) is 0 Å². The molecule has 4 heteroatoms. The molecule has 0 aromatic rings. The van der Waals surface area contributed by atoms with Crippen LogP contribution in [-0.4, -0.2) is 37.0 Å². The monoisotopic (exact) mass is 185 g/mol. The maximum absolute atomic E-state index is 10.9. The summed E-state index contributed by atoms with van der Waals surface area (Å²) < 4.78 is 0. The summed E-state index contributed by atoms with van der Waals surface area (Å²) in [5.41, 5.74) is 10.7. The predicted molar refractivity (Wildman–Crippen MR) is 52.0 cm³/mol. The van der Waals surface area contributed by atoms with Crippen LogP contribution in [0.25, 0.3) is 0 Å². The van der Waals surface area contributed by atoms with Gasteiger partial charge in [0.1, 0.15) is 0 Å². The molecule has 0 aromatic carbocycles. The smallest absolute Gasteiger partial charge is 0.221 e. The highest BCUT2D eigenvalue weighted by Gasteiger charge is 2.23. The Balaban J connectivity index is 2.29. The van der Waals surface area contributed by atoms with Crippen molar-refractivity contribution >= 4 is 5.91 Å². The van der Waals surface area contributed by atoms with Crippen molar-refractivity contribution in [3.63, 3.8) is 0 Å². The Labute approximate surface area is 79.3 Å². The molecule has 0 saturated carbocycles. The largest absolute Gasteiger partial charge is 0.369 e. The Morgan fingerprint density at radius 3 is 2.92 bits per heavy atom. The van der Waals surface area contributed by atoms with Gasteiger partial charge in [-0.25, -0.2) is 0 Å². The summed E-state index contributed by atoms with van der Waals surface area (Å²) in [5, 5.41) is 0. The minimum absolute atomic E-state index is 0.0616. The number of primary amides is 1. The Hall–Kier alpha value is -0.610. The first kappa shape index (κ1) is 10.5. The van der Waals surface area contributed by atoms with Crippen molar-refractivity contribution < 1.29 is 4.79 Å². The predicted octanol–water partition coefficient (Wildman–Crippen LogP) is -0.467. The van der Waals surface area contributed by atoms with Crippen LogP contribution in [0.1, 0.15) is 19.3 Å². The molecule has 4 nitrogen and oxygen atoms in total. The van der Waals surface area contributed by atoms with Crippen LogP contribution < -0.4 is 11.5 Å². The molecule has 1 amide bonds. The number of nitrogens with two attached hydrogens (primary N) is 2. The van der Waals surface area contributed by atoms with Gasteiger partial charge >= 0.3 is 0 Å². The zero-order valence-corrected chi connectivity index (χ0v) is 8.04. The molecule has 1 saturated heterocycles. The van der Waals surface area contributed by atoms with Crippen LogP contribution in [0.2, 0.25) is 0 Å². The van der Waals surface area contributed by atoms with Gasteiger partial charge in [0.2, 0.25) is 5.91 Å². The van der Waals surface area contributed by atoms with Crippen molar-refractivity contribution in [1.82, 2.24) is 4.90 Å². The first-order chi connectivity index (χ1) is 6.24. The van der Waals surface area contributed by atoms with Gasteiger partial charge in [-0.15, -0.1) is 0 Å². The summed E-state index contributed by atoms with van der Waals surface area (Å²) in [7, 11) is 0. The third-order valence-electron chi connectivity index (χ3n) is 2.59. The first-order valence-electron chi connectivity index (χ1n) is 4.95. The van der Waals surface area contributed by atoms with E-state index in [0.29, 0.717) is 0 Å². The second-order valence-corrected chi connectivity index (χ2v) is 3.68. The van der Waals surface area contributed by atoms with Gasteiger partial charge in [-0.2, -0.15) is 0 Å². The number of nitrogens with zero attached hydrogens (tertiary/aromatic N) is 1. The summed E-state index contributed by atoms with van der Waals surface area (Å²) in [6.07, 6.45) is 3.04. The average Bonchev–Trinajstić information content (AvgIpc) is 2.15. The van der Waals surface area contributed by atoms with Crippen LogP contribution in [0, 0.1) is 5.92 Å². The maximum Gasteiger partial charge on any atom is 0.221 e. The third kappa shape index (κ3) is 3.32. The molecule has 13 heavy (non-hydrogen) atoms. The quantitative estimate of drug-likeness (QED) is 0.622. The lowest BCUT2D eigenvalue weighted by Gasteiger charge is -2.30. The van der Waals surface area contributed by atoms with Crippen LogP contribution >= 0.6 is 0 Å². The molecular weight excluding hydrogens is 166 g/mol. The zero-order valence-electron chi connectivity index (χ0n) is 8.04. The molecule has 1 aliphatic rings. The Kier molecular flexibility index (Phi) is 4.18. The van der Waals surface area contributed by atoms with Crippen LogP contribution in [0.5, 0.6) is 0 Å². The van der Waals surface area contributed by atoms with E-state index in [1.54, 1.807) is 0 Å². The SMILES string of the molecule is NCCCN1CCC[C@H](C(N)=O)C1. The van der Waals surface area contributed by atoms with E-state index in [2.05, 4.69) is 4.90 Å². The number of carbonyl (C=O) groups excluding carboxylic acids is 1. The molecule has 0 bridgehead atoms. The van der Waals surface area contributed by atoms with Crippen molar-refractivity contribution in [2.45, 2.75) is 19.3 Å². The number of rotatable bonds is 4. The summed E-state index contributed by atoms with van der Waals surface area (Å²) in [4.78, 5) is 13.2. The summed E-state index contributed by atoms with van der Waals surface area (Å²) >= 11 is 0. The second kappa shape index (κ2) is 5.19. The molecule has 76 valence electrons. The Morgan fingerprint density at radius 2 is 2.31 bits per heavy atom. The number of amides is 1. The van der Waals surface area contributed by atoms with Gasteiger partial charge in [0.05, 0.1) is 5.92 Å².